The third kappa shape index (κ3) is 2.12. The van der Waals surface area contributed by atoms with Crippen molar-refractivity contribution in [2.45, 2.75) is 70.4 Å². The van der Waals surface area contributed by atoms with Crippen molar-refractivity contribution in [2.24, 2.45) is 29.1 Å². The lowest BCUT2D eigenvalue weighted by atomic mass is 9.48. The van der Waals surface area contributed by atoms with Gasteiger partial charge in [0.05, 0.1) is 0 Å². The van der Waals surface area contributed by atoms with Crippen LogP contribution in [0.25, 0.3) is 0 Å². The highest BCUT2D eigenvalue weighted by molar-refractivity contribution is 5.06. The van der Waals surface area contributed by atoms with Crippen LogP contribution in [0.1, 0.15) is 58.3 Å². The highest BCUT2D eigenvalue weighted by atomic mass is 15.2. The van der Waals surface area contributed by atoms with Gasteiger partial charge < -0.3 is 10.2 Å². The van der Waals surface area contributed by atoms with Crippen LogP contribution in [0.15, 0.2) is 0 Å². The third-order valence-electron chi connectivity index (χ3n) is 8.10. The molecule has 0 spiro atoms. The van der Waals surface area contributed by atoms with E-state index in [0.29, 0.717) is 5.41 Å². The monoisotopic (exact) mass is 288 g/mol. The van der Waals surface area contributed by atoms with Gasteiger partial charge in [0, 0.05) is 18.6 Å². The normalized spacial score (nSPS) is 55.9. The molecule has 0 aromatic carbocycles. The molecule has 1 N–H and O–H groups in total. The van der Waals surface area contributed by atoms with E-state index < -0.39 is 0 Å². The van der Waals surface area contributed by atoms with Gasteiger partial charge >= 0.3 is 0 Å². The second-order valence-electron chi connectivity index (χ2n) is 9.41. The van der Waals surface area contributed by atoms with Crippen LogP contribution in [0.3, 0.4) is 0 Å². The number of piperidine rings is 1. The van der Waals surface area contributed by atoms with Crippen LogP contribution < -0.4 is 5.32 Å². The van der Waals surface area contributed by atoms with Crippen molar-refractivity contribution in [2.75, 3.05) is 19.6 Å². The molecule has 6 bridgehead atoms. The molecule has 118 valence electrons. The summed E-state index contributed by atoms with van der Waals surface area (Å²) in [6, 6.07) is 1.59. The zero-order valence-electron chi connectivity index (χ0n) is 13.7. The zero-order chi connectivity index (χ0) is 14.0. The largest absolute Gasteiger partial charge is 0.311 e. The first-order chi connectivity index (χ1) is 10.2. The number of fused-ring (bicyclic) bond motifs is 2. The lowest BCUT2D eigenvalue weighted by molar-refractivity contribution is -0.0737. The van der Waals surface area contributed by atoms with E-state index in [1.54, 1.807) is 38.5 Å². The Balaban J connectivity index is 1.31. The molecule has 2 heterocycles. The number of rotatable bonds is 3. The summed E-state index contributed by atoms with van der Waals surface area (Å²) in [5.74, 6) is 4.23. The molecule has 0 amide bonds. The summed E-state index contributed by atoms with van der Waals surface area (Å²) in [5, 5.41) is 4.18. The van der Waals surface area contributed by atoms with E-state index in [1.165, 1.54) is 32.5 Å². The maximum Gasteiger partial charge on any atom is 0.0123 e. The third-order valence-corrected chi connectivity index (χ3v) is 8.10. The summed E-state index contributed by atoms with van der Waals surface area (Å²) in [6.07, 6.45) is 12.2. The first-order valence-electron chi connectivity index (χ1n) is 9.69. The van der Waals surface area contributed by atoms with Crippen LogP contribution in [0.2, 0.25) is 0 Å². The molecule has 6 aliphatic rings. The van der Waals surface area contributed by atoms with Gasteiger partial charge in [0.15, 0.2) is 0 Å². The van der Waals surface area contributed by atoms with Crippen molar-refractivity contribution < 1.29 is 0 Å². The van der Waals surface area contributed by atoms with Gasteiger partial charge in [-0.1, -0.05) is 0 Å². The van der Waals surface area contributed by atoms with E-state index in [-0.39, 0.29) is 0 Å². The molecule has 2 saturated heterocycles. The Bertz CT molecular complexity index is 383. The Labute approximate surface area is 130 Å². The van der Waals surface area contributed by atoms with E-state index in [4.69, 9.17) is 0 Å². The molecule has 2 nitrogen and oxygen atoms in total. The molecule has 0 radical (unpaired) electrons. The second kappa shape index (κ2) is 4.71. The van der Waals surface area contributed by atoms with E-state index in [0.717, 1.165) is 35.8 Å². The van der Waals surface area contributed by atoms with E-state index in [1.807, 2.05) is 0 Å². The summed E-state index contributed by atoms with van der Waals surface area (Å²) in [4.78, 5) is 2.68. The van der Waals surface area contributed by atoms with Crippen LogP contribution in [-0.4, -0.2) is 36.6 Å². The van der Waals surface area contributed by atoms with Gasteiger partial charge in [-0.3, -0.25) is 0 Å². The lowest BCUT2D eigenvalue weighted by Crippen LogP contribution is -2.58. The van der Waals surface area contributed by atoms with Gasteiger partial charge in [0.25, 0.3) is 0 Å². The Hall–Kier alpha value is -0.0800. The predicted molar refractivity (Wildman–Crippen MR) is 86.2 cm³/mol. The Morgan fingerprint density at radius 1 is 0.952 bits per heavy atom. The summed E-state index contributed by atoms with van der Waals surface area (Å²) in [7, 11) is 0. The molecule has 4 aliphatic carbocycles. The maximum atomic E-state index is 4.18. The maximum absolute atomic E-state index is 4.18. The molecule has 2 heteroatoms. The van der Waals surface area contributed by atoms with Crippen molar-refractivity contribution in [3.05, 3.63) is 0 Å². The number of nitrogens with zero attached hydrogens (tertiary/aromatic N) is 1. The molecule has 0 aromatic rings. The molecule has 21 heavy (non-hydrogen) atoms. The van der Waals surface area contributed by atoms with Gasteiger partial charge in [-0.05, 0) is 100 Å². The van der Waals surface area contributed by atoms with Crippen molar-refractivity contribution in [3.63, 3.8) is 0 Å². The highest BCUT2D eigenvalue weighted by Gasteiger charge is 2.53. The van der Waals surface area contributed by atoms with Crippen LogP contribution in [-0.2, 0) is 0 Å². The Kier molecular flexibility index (Phi) is 3.00. The quantitative estimate of drug-likeness (QED) is 0.857. The fourth-order valence-electron chi connectivity index (χ4n) is 7.38. The van der Waals surface area contributed by atoms with Crippen molar-refractivity contribution in [1.29, 1.82) is 0 Å². The van der Waals surface area contributed by atoms with Gasteiger partial charge in [-0.25, -0.2) is 0 Å². The van der Waals surface area contributed by atoms with Crippen molar-refractivity contribution in [3.8, 4) is 0 Å². The van der Waals surface area contributed by atoms with E-state index in [9.17, 15) is 0 Å². The fourth-order valence-corrected chi connectivity index (χ4v) is 7.38. The average Bonchev–Trinajstić information content (AvgIpc) is 2.83. The standard InChI is InChI=1S/C19H32N2/c1-13(20-18-3-5-21-4-2-17(18)12-21)19-9-14-6-15(10-19)8-16(7-14)11-19/h13-18,20H,2-12H2,1H3. The van der Waals surface area contributed by atoms with Crippen LogP contribution in [0.4, 0.5) is 0 Å². The van der Waals surface area contributed by atoms with Crippen LogP contribution in [0.5, 0.6) is 0 Å². The van der Waals surface area contributed by atoms with Gasteiger partial charge in [0.2, 0.25) is 0 Å². The topological polar surface area (TPSA) is 15.3 Å². The molecular weight excluding hydrogens is 256 g/mol. The van der Waals surface area contributed by atoms with Crippen LogP contribution >= 0.6 is 0 Å². The second-order valence-corrected chi connectivity index (χ2v) is 9.41. The molecule has 0 aromatic heterocycles. The van der Waals surface area contributed by atoms with Crippen molar-refractivity contribution >= 4 is 0 Å². The summed E-state index contributed by atoms with van der Waals surface area (Å²) in [6.45, 7) is 6.65. The van der Waals surface area contributed by atoms with E-state index >= 15 is 0 Å². The first-order valence-corrected chi connectivity index (χ1v) is 9.69. The minimum absolute atomic E-state index is 0.685. The lowest BCUT2D eigenvalue weighted by Gasteiger charge is -2.59. The summed E-state index contributed by atoms with van der Waals surface area (Å²) < 4.78 is 0. The molecule has 4 saturated carbocycles. The summed E-state index contributed by atoms with van der Waals surface area (Å²) in [5.41, 5.74) is 0.685. The molecule has 6 fully saturated rings. The summed E-state index contributed by atoms with van der Waals surface area (Å²) >= 11 is 0. The predicted octanol–water partition coefficient (Wildman–Crippen LogP) is 3.28. The fraction of sp³-hybridized carbons (Fsp3) is 1.00. The average molecular weight is 288 g/mol. The molecule has 4 atom stereocenters. The van der Waals surface area contributed by atoms with Gasteiger partial charge in [-0.2, -0.15) is 0 Å². The molecule has 4 unspecified atom stereocenters. The zero-order valence-corrected chi connectivity index (χ0v) is 13.7. The minimum atomic E-state index is 0.685. The molecule has 2 aliphatic heterocycles. The first kappa shape index (κ1) is 13.4. The number of hydrogen-bond donors (Lipinski definition) is 1. The minimum Gasteiger partial charge on any atom is -0.311 e. The Morgan fingerprint density at radius 3 is 2.24 bits per heavy atom. The van der Waals surface area contributed by atoms with Crippen LogP contribution in [0, 0.1) is 29.1 Å². The Morgan fingerprint density at radius 2 is 1.57 bits per heavy atom. The SMILES string of the molecule is CC(NC1CCN2CCC1C2)C12CC3CC(CC(C3)C1)C2. The van der Waals surface area contributed by atoms with Gasteiger partial charge in [-0.15, -0.1) is 0 Å². The van der Waals surface area contributed by atoms with Gasteiger partial charge in [0.1, 0.15) is 0 Å². The number of hydrogen-bond acceptors (Lipinski definition) is 2. The highest BCUT2D eigenvalue weighted by Crippen LogP contribution is 2.61. The smallest absolute Gasteiger partial charge is 0.0123 e. The van der Waals surface area contributed by atoms with E-state index in [2.05, 4.69) is 17.1 Å². The number of nitrogens with one attached hydrogen (secondary N) is 1. The molecular formula is C19H32N2. The molecule has 6 rings (SSSR count). The van der Waals surface area contributed by atoms with Crippen molar-refractivity contribution in [1.82, 2.24) is 10.2 Å².